The van der Waals surface area contributed by atoms with Crippen LogP contribution in [0.1, 0.15) is 37.7 Å². The van der Waals surface area contributed by atoms with Gasteiger partial charge < -0.3 is 14.8 Å². The Morgan fingerprint density at radius 1 is 1.19 bits per heavy atom. The van der Waals surface area contributed by atoms with Crippen molar-refractivity contribution in [2.45, 2.75) is 49.5 Å². The van der Waals surface area contributed by atoms with Gasteiger partial charge in [0.1, 0.15) is 13.2 Å². The first-order valence-corrected chi connectivity index (χ1v) is 9.27. The minimum absolute atomic E-state index is 0.174. The lowest BCUT2D eigenvalue weighted by Gasteiger charge is -2.31. The van der Waals surface area contributed by atoms with E-state index in [-0.39, 0.29) is 11.3 Å². The molecule has 7 heteroatoms. The van der Waals surface area contributed by atoms with E-state index in [0.717, 1.165) is 42.7 Å². The molecule has 2 N–H and O–H groups in total. The monoisotopic (exact) mass is 366 g/mol. The fraction of sp³-hybridized carbons (Fsp3) is 0.632. The van der Waals surface area contributed by atoms with Crippen molar-refractivity contribution in [1.29, 1.82) is 0 Å². The summed E-state index contributed by atoms with van der Waals surface area (Å²) in [5.74, 6) is -1.66. The zero-order chi connectivity index (χ0) is 18.2. The van der Waals surface area contributed by atoms with E-state index in [0.29, 0.717) is 19.8 Å². The van der Waals surface area contributed by atoms with Crippen molar-refractivity contribution >= 4 is 5.91 Å². The first-order valence-electron chi connectivity index (χ1n) is 9.27. The first-order chi connectivity index (χ1) is 12.5. The first kappa shape index (κ1) is 17.5. The maximum Gasteiger partial charge on any atom is 0.262 e. The maximum atomic E-state index is 13.3. The lowest BCUT2D eigenvalue weighted by molar-refractivity contribution is -0.123. The molecular weight excluding hydrogens is 342 g/mol. The van der Waals surface area contributed by atoms with Gasteiger partial charge in [-0.3, -0.25) is 10.1 Å². The van der Waals surface area contributed by atoms with E-state index in [2.05, 4.69) is 10.6 Å². The van der Waals surface area contributed by atoms with Crippen molar-refractivity contribution in [2.75, 3.05) is 26.3 Å². The highest BCUT2D eigenvalue weighted by molar-refractivity contribution is 5.82. The number of carbonyl (C=O) groups excluding carboxylic acids is 1. The smallest absolute Gasteiger partial charge is 0.262 e. The van der Waals surface area contributed by atoms with Crippen molar-refractivity contribution < 1.29 is 23.0 Å². The molecule has 1 aliphatic carbocycles. The van der Waals surface area contributed by atoms with Crippen LogP contribution in [0.2, 0.25) is 0 Å². The quantitative estimate of drug-likeness (QED) is 0.859. The molecule has 1 aromatic carbocycles. The van der Waals surface area contributed by atoms with Gasteiger partial charge >= 0.3 is 0 Å². The number of halogens is 2. The average molecular weight is 366 g/mol. The molecule has 0 bridgehead atoms. The normalized spacial score (nSPS) is 25.8. The van der Waals surface area contributed by atoms with Crippen LogP contribution in [0, 0.1) is 0 Å². The number of benzene rings is 1. The number of hydrogen-bond donors (Lipinski definition) is 2. The highest BCUT2D eigenvalue weighted by Gasteiger charge is 2.43. The lowest BCUT2D eigenvalue weighted by Crippen LogP contribution is -2.46. The number of alkyl halides is 2. The van der Waals surface area contributed by atoms with Crippen molar-refractivity contribution in [3.8, 4) is 11.5 Å². The Labute approximate surface area is 151 Å². The van der Waals surface area contributed by atoms with E-state index in [1.54, 1.807) is 0 Å². The van der Waals surface area contributed by atoms with Crippen LogP contribution in [-0.2, 0) is 10.2 Å². The van der Waals surface area contributed by atoms with Gasteiger partial charge in [-0.25, -0.2) is 8.78 Å². The molecular formula is C19H24F2N2O3. The zero-order valence-electron chi connectivity index (χ0n) is 14.7. The molecule has 2 fully saturated rings. The number of fused-ring (bicyclic) bond motifs is 1. The van der Waals surface area contributed by atoms with Crippen LogP contribution in [0.4, 0.5) is 8.78 Å². The summed E-state index contributed by atoms with van der Waals surface area (Å²) in [6, 6.07) is 5.15. The maximum absolute atomic E-state index is 13.3. The van der Waals surface area contributed by atoms with Crippen molar-refractivity contribution in [2.24, 2.45) is 0 Å². The van der Waals surface area contributed by atoms with E-state index in [1.165, 1.54) is 0 Å². The van der Waals surface area contributed by atoms with Gasteiger partial charge in [-0.1, -0.05) is 18.9 Å². The van der Waals surface area contributed by atoms with Crippen LogP contribution in [-0.4, -0.2) is 44.2 Å². The molecule has 1 saturated heterocycles. The van der Waals surface area contributed by atoms with Crippen LogP contribution in [0.5, 0.6) is 11.5 Å². The molecule has 142 valence electrons. The topological polar surface area (TPSA) is 59.6 Å². The van der Waals surface area contributed by atoms with Crippen LogP contribution in [0.25, 0.3) is 0 Å². The molecule has 4 rings (SSSR count). The van der Waals surface area contributed by atoms with Crippen LogP contribution < -0.4 is 20.1 Å². The summed E-state index contributed by atoms with van der Waals surface area (Å²) in [4.78, 5) is 12.3. The van der Waals surface area contributed by atoms with Gasteiger partial charge in [-0.15, -0.1) is 0 Å². The minimum atomic E-state index is -2.80. The summed E-state index contributed by atoms with van der Waals surface area (Å²) in [5, 5.41) is 5.53. The summed E-state index contributed by atoms with van der Waals surface area (Å²) < 4.78 is 37.9. The average Bonchev–Trinajstić information content (AvgIpc) is 3.26. The minimum Gasteiger partial charge on any atom is -0.486 e. The second-order valence-electron chi connectivity index (χ2n) is 7.56. The van der Waals surface area contributed by atoms with Gasteiger partial charge in [0.2, 0.25) is 5.91 Å². The molecule has 1 atom stereocenters. The molecule has 3 aliphatic rings. The van der Waals surface area contributed by atoms with Gasteiger partial charge in [0.05, 0.1) is 12.6 Å². The molecule has 1 unspecified atom stereocenters. The van der Waals surface area contributed by atoms with E-state index >= 15 is 0 Å². The second-order valence-corrected chi connectivity index (χ2v) is 7.56. The summed E-state index contributed by atoms with van der Waals surface area (Å²) in [6.07, 6.45) is 3.66. The highest BCUT2D eigenvalue weighted by atomic mass is 19.3. The van der Waals surface area contributed by atoms with Crippen LogP contribution >= 0.6 is 0 Å². The number of ether oxygens (including phenoxy) is 2. The van der Waals surface area contributed by atoms with Gasteiger partial charge in [0, 0.05) is 18.4 Å². The molecule has 0 aromatic heterocycles. The molecule has 1 aromatic rings. The van der Waals surface area contributed by atoms with E-state index in [4.69, 9.17) is 9.47 Å². The number of hydrogen-bond acceptors (Lipinski definition) is 4. The predicted octanol–water partition coefficient (Wildman–Crippen LogP) is 2.38. The summed E-state index contributed by atoms with van der Waals surface area (Å²) in [5.41, 5.74) is 0.941. The van der Waals surface area contributed by atoms with Crippen molar-refractivity contribution in [3.05, 3.63) is 23.8 Å². The van der Waals surface area contributed by atoms with Crippen molar-refractivity contribution in [3.63, 3.8) is 0 Å². The fourth-order valence-electron chi connectivity index (χ4n) is 4.27. The van der Waals surface area contributed by atoms with Crippen LogP contribution in [0.15, 0.2) is 18.2 Å². The van der Waals surface area contributed by atoms with E-state index in [1.807, 2.05) is 18.2 Å². The molecule has 0 radical (unpaired) electrons. The fourth-order valence-corrected chi connectivity index (χ4v) is 4.27. The Morgan fingerprint density at radius 3 is 2.62 bits per heavy atom. The Bertz CT molecular complexity index is 689. The van der Waals surface area contributed by atoms with E-state index in [9.17, 15) is 13.6 Å². The standard InChI is InChI=1S/C19H24F2N2O3/c20-19(21)10-14(22-12-19)17(24)23-11-18(5-1-2-6-18)13-3-4-15-16(9-13)26-8-7-25-15/h3-4,9,14,22H,1-2,5-8,10-12H2,(H,23,24). The van der Waals surface area contributed by atoms with Gasteiger partial charge in [-0.05, 0) is 30.5 Å². The third-order valence-electron chi connectivity index (χ3n) is 5.74. The zero-order valence-corrected chi connectivity index (χ0v) is 14.7. The highest BCUT2D eigenvalue weighted by Crippen LogP contribution is 2.44. The number of carbonyl (C=O) groups is 1. The SMILES string of the molecule is O=C(NCC1(c2ccc3c(c2)OCCO3)CCCC1)C1CC(F)(F)CN1. The van der Waals surface area contributed by atoms with Gasteiger partial charge in [0.15, 0.2) is 11.5 Å². The van der Waals surface area contributed by atoms with Gasteiger partial charge in [-0.2, -0.15) is 0 Å². The summed E-state index contributed by atoms with van der Waals surface area (Å²) in [6.45, 7) is 1.10. The summed E-state index contributed by atoms with van der Waals surface area (Å²) in [7, 11) is 0. The summed E-state index contributed by atoms with van der Waals surface area (Å²) >= 11 is 0. The molecule has 1 saturated carbocycles. The number of amides is 1. The molecule has 26 heavy (non-hydrogen) atoms. The number of nitrogens with one attached hydrogen (secondary N) is 2. The van der Waals surface area contributed by atoms with Gasteiger partial charge in [0.25, 0.3) is 5.92 Å². The van der Waals surface area contributed by atoms with Crippen LogP contribution in [0.3, 0.4) is 0 Å². The Morgan fingerprint density at radius 2 is 1.92 bits per heavy atom. The number of rotatable bonds is 4. The second kappa shape index (κ2) is 6.68. The Balaban J connectivity index is 1.48. The predicted molar refractivity (Wildman–Crippen MR) is 91.9 cm³/mol. The Kier molecular flexibility index (Phi) is 4.50. The molecule has 2 aliphatic heterocycles. The Hall–Kier alpha value is -1.89. The largest absolute Gasteiger partial charge is 0.486 e. The molecule has 2 heterocycles. The molecule has 5 nitrogen and oxygen atoms in total. The lowest BCUT2D eigenvalue weighted by atomic mass is 9.78. The molecule has 0 spiro atoms. The van der Waals surface area contributed by atoms with E-state index < -0.39 is 24.9 Å². The third kappa shape index (κ3) is 3.37. The molecule has 1 amide bonds. The van der Waals surface area contributed by atoms with Crippen molar-refractivity contribution in [1.82, 2.24) is 10.6 Å². The third-order valence-corrected chi connectivity index (χ3v) is 5.74.